The minimum absolute atomic E-state index is 0.329. The first-order valence-electron chi connectivity index (χ1n) is 9.21. The van der Waals surface area contributed by atoms with Gasteiger partial charge in [0.05, 0.1) is 11.4 Å². The second kappa shape index (κ2) is 8.08. The van der Waals surface area contributed by atoms with Gasteiger partial charge in [-0.25, -0.2) is 22.8 Å². The van der Waals surface area contributed by atoms with E-state index in [0.717, 1.165) is 0 Å². The van der Waals surface area contributed by atoms with Crippen molar-refractivity contribution in [1.29, 1.82) is 0 Å². The maximum Gasteiger partial charge on any atom is 0.269 e. The molecule has 0 saturated carbocycles. The lowest BCUT2D eigenvalue weighted by Gasteiger charge is -2.16. The summed E-state index contributed by atoms with van der Waals surface area (Å²) in [5, 5.41) is 3.51. The van der Waals surface area contributed by atoms with Crippen LogP contribution in [0.1, 0.15) is 11.1 Å². The molecule has 0 spiro atoms. The third-order valence-corrected chi connectivity index (χ3v) is 5.61. The molecule has 1 unspecified atom stereocenters. The number of nitrogens with one attached hydrogen (secondary N) is 2. The van der Waals surface area contributed by atoms with Crippen molar-refractivity contribution in [1.82, 2.24) is 4.98 Å². The number of halogens is 3. The van der Waals surface area contributed by atoms with Crippen LogP contribution in [0.3, 0.4) is 0 Å². The molecule has 0 saturated heterocycles. The molecule has 0 aliphatic carbocycles. The number of benzene rings is 2. The fraction of sp³-hybridized carbons (Fsp3) is 0.0952. The third kappa shape index (κ3) is 3.94. The van der Waals surface area contributed by atoms with Crippen molar-refractivity contribution in [2.24, 2.45) is 4.99 Å². The highest BCUT2D eigenvalue weighted by Crippen LogP contribution is 2.29. The van der Waals surface area contributed by atoms with Gasteiger partial charge in [0.15, 0.2) is 26.8 Å². The van der Waals surface area contributed by atoms with Gasteiger partial charge in [0.2, 0.25) is 5.82 Å². The number of rotatable bonds is 4. The maximum atomic E-state index is 14.8. The van der Waals surface area contributed by atoms with Crippen molar-refractivity contribution in [2.45, 2.75) is 11.2 Å². The van der Waals surface area contributed by atoms with Crippen LogP contribution in [0.4, 0.5) is 24.5 Å². The molecule has 1 atom stereocenters. The summed E-state index contributed by atoms with van der Waals surface area (Å²) < 4.78 is 66.6. The van der Waals surface area contributed by atoms with Crippen molar-refractivity contribution >= 4 is 32.8 Å². The van der Waals surface area contributed by atoms with Crippen LogP contribution in [0, 0.1) is 17.6 Å². The molecule has 4 rings (SSSR count). The Bertz CT molecular complexity index is 1360. The summed E-state index contributed by atoms with van der Waals surface area (Å²) in [5.41, 5.74) is 0.732. The molecule has 32 heavy (non-hydrogen) atoms. The highest BCUT2D eigenvalue weighted by atomic mass is 32.2. The number of hydrogen-bond acceptors (Lipinski definition) is 6. The molecule has 7 nitrogen and oxygen atoms in total. The van der Waals surface area contributed by atoms with E-state index in [4.69, 9.17) is 0 Å². The SMILES string of the molecule is CS(=O)(=O)c1nc(F)c(F)c(NC2N=C(c3ccccc3)c3ccccc3NC2=O)c1F. The lowest BCUT2D eigenvalue weighted by molar-refractivity contribution is -0.116. The molecule has 3 aromatic rings. The van der Waals surface area contributed by atoms with Gasteiger partial charge in [-0.1, -0.05) is 48.5 Å². The second-order valence-electron chi connectivity index (χ2n) is 6.91. The Labute approximate surface area is 180 Å². The monoisotopic (exact) mass is 460 g/mol. The molecule has 0 fully saturated rings. The van der Waals surface area contributed by atoms with Crippen molar-refractivity contribution in [2.75, 3.05) is 16.9 Å². The lowest BCUT2D eigenvalue weighted by atomic mass is 10.0. The Hall–Kier alpha value is -3.73. The number of carbonyl (C=O) groups excluding carboxylic acids is 1. The Kier molecular flexibility index (Phi) is 5.43. The average molecular weight is 460 g/mol. The first-order valence-corrected chi connectivity index (χ1v) is 11.1. The second-order valence-corrected chi connectivity index (χ2v) is 8.84. The largest absolute Gasteiger partial charge is 0.351 e. The number of aliphatic imine (C=N–C) groups is 1. The number of fused-ring (bicyclic) bond motifs is 1. The van der Waals surface area contributed by atoms with Crippen molar-refractivity contribution < 1.29 is 26.4 Å². The zero-order valence-electron chi connectivity index (χ0n) is 16.4. The Morgan fingerprint density at radius 3 is 2.31 bits per heavy atom. The lowest BCUT2D eigenvalue weighted by Crippen LogP contribution is -2.33. The van der Waals surface area contributed by atoms with E-state index in [1.165, 1.54) is 0 Å². The number of pyridine rings is 1. The minimum atomic E-state index is -4.32. The van der Waals surface area contributed by atoms with E-state index in [2.05, 4.69) is 20.6 Å². The van der Waals surface area contributed by atoms with E-state index in [-0.39, 0.29) is 0 Å². The number of anilines is 2. The molecule has 1 aliphatic rings. The Morgan fingerprint density at radius 1 is 0.969 bits per heavy atom. The summed E-state index contributed by atoms with van der Waals surface area (Å²) in [6.07, 6.45) is -1.02. The van der Waals surface area contributed by atoms with Gasteiger partial charge in [0, 0.05) is 17.4 Å². The number of para-hydroxylation sites is 1. The molecule has 1 aromatic heterocycles. The number of benzodiazepines with no additional fused rings is 1. The van der Waals surface area contributed by atoms with E-state index in [9.17, 15) is 26.4 Å². The minimum Gasteiger partial charge on any atom is -0.351 e. The molecule has 0 radical (unpaired) electrons. The van der Waals surface area contributed by atoms with Crippen LogP contribution in [-0.4, -0.2) is 37.4 Å². The maximum absolute atomic E-state index is 14.8. The van der Waals surface area contributed by atoms with Gasteiger partial charge >= 0.3 is 0 Å². The number of nitrogens with zero attached hydrogens (tertiary/aromatic N) is 2. The van der Waals surface area contributed by atoms with Crippen molar-refractivity contribution in [3.8, 4) is 0 Å². The topological polar surface area (TPSA) is 101 Å². The van der Waals surface area contributed by atoms with Crippen LogP contribution < -0.4 is 10.6 Å². The van der Waals surface area contributed by atoms with Gasteiger partial charge in [-0.15, -0.1) is 0 Å². The van der Waals surface area contributed by atoms with Gasteiger partial charge in [-0.3, -0.25) is 4.79 Å². The van der Waals surface area contributed by atoms with Crippen LogP contribution in [0.15, 0.2) is 64.6 Å². The summed E-state index contributed by atoms with van der Waals surface area (Å²) in [6.45, 7) is 0. The molecule has 2 N–H and O–H groups in total. The quantitative estimate of drug-likeness (QED) is 0.583. The number of sulfone groups is 1. The summed E-state index contributed by atoms with van der Waals surface area (Å²) in [7, 11) is -4.32. The number of carbonyl (C=O) groups is 1. The summed E-state index contributed by atoms with van der Waals surface area (Å²) >= 11 is 0. The number of hydrogen-bond donors (Lipinski definition) is 2. The molecule has 1 amide bonds. The van der Waals surface area contributed by atoms with Crippen molar-refractivity contribution in [3.63, 3.8) is 0 Å². The van der Waals surface area contributed by atoms with Gasteiger partial charge < -0.3 is 10.6 Å². The fourth-order valence-electron chi connectivity index (χ4n) is 3.18. The highest BCUT2D eigenvalue weighted by Gasteiger charge is 2.31. The van der Waals surface area contributed by atoms with Crippen LogP contribution in [-0.2, 0) is 14.6 Å². The molecule has 164 valence electrons. The smallest absolute Gasteiger partial charge is 0.269 e. The standard InChI is InChI=1S/C21H15F3N4O3S/c1-32(30,31)21-15(23)17(14(22)18(24)28-21)27-19-20(29)25-13-10-6-5-9-12(13)16(26-19)11-7-3-2-4-8-11/h2-10,19H,1H3,(H,25,29)(H,27,28). The number of amides is 1. The Morgan fingerprint density at radius 2 is 1.62 bits per heavy atom. The van der Waals surface area contributed by atoms with Gasteiger partial charge in [-0.2, -0.15) is 8.78 Å². The Balaban J connectivity index is 1.87. The first-order chi connectivity index (χ1) is 15.2. The van der Waals surface area contributed by atoms with Crippen LogP contribution in [0.2, 0.25) is 0 Å². The van der Waals surface area contributed by atoms with E-state index >= 15 is 0 Å². The molecule has 11 heteroatoms. The van der Waals surface area contributed by atoms with Crippen LogP contribution in [0.25, 0.3) is 0 Å². The highest BCUT2D eigenvalue weighted by molar-refractivity contribution is 7.90. The molecule has 2 heterocycles. The predicted molar refractivity (Wildman–Crippen MR) is 112 cm³/mol. The molecule has 2 aromatic carbocycles. The van der Waals surface area contributed by atoms with E-state index in [0.29, 0.717) is 28.8 Å². The molecule has 1 aliphatic heterocycles. The van der Waals surface area contributed by atoms with E-state index in [1.807, 2.05) is 0 Å². The van der Waals surface area contributed by atoms with Gasteiger partial charge in [-0.05, 0) is 6.07 Å². The molecule has 0 bridgehead atoms. The van der Waals surface area contributed by atoms with E-state index < -0.39 is 50.2 Å². The number of aromatic nitrogens is 1. The predicted octanol–water partition coefficient (Wildman–Crippen LogP) is 3.13. The zero-order valence-corrected chi connectivity index (χ0v) is 17.3. The molecular formula is C21H15F3N4O3S. The summed E-state index contributed by atoms with van der Waals surface area (Å²) in [5.74, 6) is -6.06. The molecular weight excluding hydrogens is 445 g/mol. The van der Waals surface area contributed by atoms with Gasteiger partial charge in [0.1, 0.15) is 5.69 Å². The average Bonchev–Trinajstić information content (AvgIpc) is 2.89. The summed E-state index contributed by atoms with van der Waals surface area (Å²) in [4.78, 5) is 20.0. The fourth-order valence-corrected chi connectivity index (χ4v) is 3.86. The van der Waals surface area contributed by atoms with Gasteiger partial charge in [0.25, 0.3) is 11.9 Å². The summed E-state index contributed by atoms with van der Waals surface area (Å²) in [6, 6.07) is 15.5. The van der Waals surface area contributed by atoms with Crippen LogP contribution in [0.5, 0.6) is 0 Å². The van der Waals surface area contributed by atoms with Crippen LogP contribution >= 0.6 is 0 Å². The third-order valence-electron chi connectivity index (χ3n) is 4.63. The first kappa shape index (κ1) is 21.5. The van der Waals surface area contributed by atoms with E-state index in [1.54, 1.807) is 54.6 Å². The normalized spacial score (nSPS) is 15.9. The van der Waals surface area contributed by atoms with Crippen molar-refractivity contribution in [3.05, 3.63) is 83.3 Å². The zero-order chi connectivity index (χ0) is 23.0.